The summed E-state index contributed by atoms with van der Waals surface area (Å²) in [5.74, 6) is 1.60. The third-order valence-corrected chi connectivity index (χ3v) is 3.21. The minimum absolute atomic E-state index is 0.290. The predicted molar refractivity (Wildman–Crippen MR) is 63.4 cm³/mol. The van der Waals surface area contributed by atoms with E-state index in [0.29, 0.717) is 5.92 Å². The van der Waals surface area contributed by atoms with Gasteiger partial charge in [-0.2, -0.15) is 0 Å². The van der Waals surface area contributed by atoms with Gasteiger partial charge in [0.1, 0.15) is 5.82 Å². The SMILES string of the molecule is Cc1nccnc1N1CCCC(CCO)C1. The average molecular weight is 221 g/mol. The van der Waals surface area contributed by atoms with Gasteiger partial charge in [-0.15, -0.1) is 0 Å². The number of piperidine rings is 1. The Hall–Kier alpha value is -1.16. The lowest BCUT2D eigenvalue weighted by atomic mass is 9.95. The second-order valence-corrected chi connectivity index (χ2v) is 4.43. The van der Waals surface area contributed by atoms with Crippen molar-refractivity contribution in [2.45, 2.75) is 26.2 Å². The summed E-state index contributed by atoms with van der Waals surface area (Å²) in [6, 6.07) is 0. The van der Waals surface area contributed by atoms with Crippen molar-refractivity contribution >= 4 is 5.82 Å². The van der Waals surface area contributed by atoms with Crippen molar-refractivity contribution in [2.24, 2.45) is 5.92 Å². The molecule has 2 heterocycles. The predicted octanol–water partition coefficient (Wildman–Crippen LogP) is 1.38. The lowest BCUT2D eigenvalue weighted by molar-refractivity contribution is 0.244. The summed E-state index contributed by atoms with van der Waals surface area (Å²) in [6.45, 7) is 4.34. The Morgan fingerprint density at radius 2 is 2.25 bits per heavy atom. The summed E-state index contributed by atoms with van der Waals surface area (Å²) in [5, 5.41) is 8.98. The highest BCUT2D eigenvalue weighted by atomic mass is 16.3. The van der Waals surface area contributed by atoms with Gasteiger partial charge in [-0.25, -0.2) is 4.98 Å². The van der Waals surface area contributed by atoms with E-state index in [1.165, 1.54) is 12.8 Å². The number of hydrogen-bond acceptors (Lipinski definition) is 4. The van der Waals surface area contributed by atoms with Crippen molar-refractivity contribution in [1.29, 1.82) is 0 Å². The first-order chi connectivity index (χ1) is 7.81. The van der Waals surface area contributed by atoms with E-state index < -0.39 is 0 Å². The summed E-state index contributed by atoms with van der Waals surface area (Å²) >= 11 is 0. The third-order valence-electron chi connectivity index (χ3n) is 3.21. The molecule has 4 heteroatoms. The van der Waals surface area contributed by atoms with Gasteiger partial charge in [0.05, 0.1) is 5.69 Å². The summed E-state index contributed by atoms with van der Waals surface area (Å²) < 4.78 is 0. The molecule has 88 valence electrons. The Morgan fingerprint density at radius 1 is 1.44 bits per heavy atom. The van der Waals surface area contributed by atoms with E-state index in [-0.39, 0.29) is 6.61 Å². The van der Waals surface area contributed by atoms with Crippen LogP contribution in [0, 0.1) is 12.8 Å². The molecule has 16 heavy (non-hydrogen) atoms. The van der Waals surface area contributed by atoms with Crippen LogP contribution < -0.4 is 4.90 Å². The topological polar surface area (TPSA) is 49.2 Å². The molecule has 0 aliphatic carbocycles. The lowest BCUT2D eigenvalue weighted by Crippen LogP contribution is -2.36. The number of nitrogens with zero attached hydrogens (tertiary/aromatic N) is 3. The molecule has 0 amide bonds. The molecule has 1 N–H and O–H groups in total. The molecule has 4 nitrogen and oxygen atoms in total. The van der Waals surface area contributed by atoms with Crippen LogP contribution in [-0.2, 0) is 0 Å². The maximum absolute atomic E-state index is 8.98. The molecule has 1 atom stereocenters. The Kier molecular flexibility index (Phi) is 3.72. The number of aliphatic hydroxyl groups is 1. The summed E-state index contributed by atoms with van der Waals surface area (Å²) in [6.07, 6.45) is 6.78. The van der Waals surface area contributed by atoms with Gasteiger partial charge in [-0.05, 0) is 32.1 Å². The van der Waals surface area contributed by atoms with Crippen molar-refractivity contribution < 1.29 is 5.11 Å². The lowest BCUT2D eigenvalue weighted by Gasteiger charge is -2.33. The zero-order valence-corrected chi connectivity index (χ0v) is 9.76. The number of aliphatic hydroxyl groups excluding tert-OH is 1. The Labute approximate surface area is 96.3 Å². The smallest absolute Gasteiger partial charge is 0.150 e. The van der Waals surface area contributed by atoms with Crippen molar-refractivity contribution in [3.8, 4) is 0 Å². The van der Waals surface area contributed by atoms with Crippen LogP contribution in [0.1, 0.15) is 25.0 Å². The largest absolute Gasteiger partial charge is 0.396 e. The van der Waals surface area contributed by atoms with Gasteiger partial charge in [0.2, 0.25) is 0 Å². The quantitative estimate of drug-likeness (QED) is 0.838. The van der Waals surface area contributed by atoms with Crippen LogP contribution in [0.25, 0.3) is 0 Å². The van der Waals surface area contributed by atoms with Crippen LogP contribution in [0.15, 0.2) is 12.4 Å². The van der Waals surface area contributed by atoms with E-state index in [4.69, 9.17) is 5.11 Å². The van der Waals surface area contributed by atoms with Crippen LogP contribution in [0.3, 0.4) is 0 Å². The Balaban J connectivity index is 2.07. The van der Waals surface area contributed by atoms with Gasteiger partial charge < -0.3 is 10.0 Å². The van der Waals surface area contributed by atoms with E-state index in [0.717, 1.165) is 31.0 Å². The molecule has 1 fully saturated rings. The number of rotatable bonds is 3. The average Bonchev–Trinajstić information content (AvgIpc) is 2.30. The summed E-state index contributed by atoms with van der Waals surface area (Å²) in [4.78, 5) is 11.0. The molecule has 0 bridgehead atoms. The molecule has 1 aliphatic heterocycles. The fourth-order valence-electron chi connectivity index (χ4n) is 2.39. The highest BCUT2D eigenvalue weighted by Gasteiger charge is 2.21. The van der Waals surface area contributed by atoms with Gasteiger partial charge in [-0.3, -0.25) is 4.98 Å². The maximum atomic E-state index is 8.98. The fraction of sp³-hybridized carbons (Fsp3) is 0.667. The minimum atomic E-state index is 0.290. The van der Waals surface area contributed by atoms with E-state index >= 15 is 0 Å². The van der Waals surface area contributed by atoms with Crippen molar-refractivity contribution in [1.82, 2.24) is 9.97 Å². The molecule has 2 rings (SSSR count). The van der Waals surface area contributed by atoms with Crippen LogP contribution >= 0.6 is 0 Å². The van der Waals surface area contributed by atoms with Gasteiger partial charge >= 0.3 is 0 Å². The van der Waals surface area contributed by atoms with Crippen LogP contribution in [0.5, 0.6) is 0 Å². The molecule has 1 aromatic heterocycles. The van der Waals surface area contributed by atoms with Gasteiger partial charge in [-0.1, -0.05) is 0 Å². The molecule has 0 spiro atoms. The zero-order chi connectivity index (χ0) is 11.4. The number of anilines is 1. The van der Waals surface area contributed by atoms with Crippen LogP contribution in [0.4, 0.5) is 5.82 Å². The first-order valence-corrected chi connectivity index (χ1v) is 5.94. The maximum Gasteiger partial charge on any atom is 0.150 e. The Morgan fingerprint density at radius 3 is 3.00 bits per heavy atom. The highest BCUT2D eigenvalue weighted by molar-refractivity contribution is 5.42. The molecule has 1 unspecified atom stereocenters. The second kappa shape index (κ2) is 5.25. The van der Waals surface area contributed by atoms with Crippen LogP contribution in [-0.4, -0.2) is 34.8 Å². The molecule has 1 aliphatic rings. The number of hydrogen-bond donors (Lipinski definition) is 1. The Bertz CT molecular complexity index is 341. The highest BCUT2D eigenvalue weighted by Crippen LogP contribution is 2.24. The standard InChI is InChI=1S/C12H19N3O/c1-10-12(14-6-5-13-10)15-7-2-3-11(9-15)4-8-16/h5-6,11,16H,2-4,7-9H2,1H3. The minimum Gasteiger partial charge on any atom is -0.396 e. The van der Waals surface area contributed by atoms with Gasteiger partial charge in [0, 0.05) is 32.1 Å². The zero-order valence-electron chi connectivity index (χ0n) is 9.76. The van der Waals surface area contributed by atoms with Gasteiger partial charge in [0.15, 0.2) is 0 Å². The molecule has 0 radical (unpaired) electrons. The van der Waals surface area contributed by atoms with E-state index in [1.807, 2.05) is 6.92 Å². The van der Waals surface area contributed by atoms with Gasteiger partial charge in [0.25, 0.3) is 0 Å². The number of aryl methyl sites for hydroxylation is 1. The monoisotopic (exact) mass is 221 g/mol. The van der Waals surface area contributed by atoms with Crippen LogP contribution in [0.2, 0.25) is 0 Å². The normalized spacial score (nSPS) is 21.1. The van der Waals surface area contributed by atoms with E-state index in [1.54, 1.807) is 12.4 Å². The first-order valence-electron chi connectivity index (χ1n) is 5.94. The number of aromatic nitrogens is 2. The summed E-state index contributed by atoms with van der Waals surface area (Å²) in [5.41, 5.74) is 0.993. The van der Waals surface area contributed by atoms with Crippen molar-refractivity contribution in [2.75, 3.05) is 24.6 Å². The second-order valence-electron chi connectivity index (χ2n) is 4.43. The molecule has 0 aromatic carbocycles. The van der Waals surface area contributed by atoms with Crippen molar-refractivity contribution in [3.63, 3.8) is 0 Å². The summed E-state index contributed by atoms with van der Waals surface area (Å²) in [7, 11) is 0. The van der Waals surface area contributed by atoms with E-state index in [9.17, 15) is 0 Å². The van der Waals surface area contributed by atoms with E-state index in [2.05, 4.69) is 14.9 Å². The molecular weight excluding hydrogens is 202 g/mol. The first kappa shape index (κ1) is 11.3. The molecule has 1 aromatic rings. The molecule has 1 saturated heterocycles. The third kappa shape index (κ3) is 2.50. The molecular formula is C12H19N3O. The molecule has 0 saturated carbocycles. The fourth-order valence-corrected chi connectivity index (χ4v) is 2.39. The van der Waals surface area contributed by atoms with Crippen molar-refractivity contribution in [3.05, 3.63) is 18.1 Å².